The van der Waals surface area contributed by atoms with Crippen LogP contribution in [0.2, 0.25) is 5.02 Å². The molecule has 6 heteroatoms. The van der Waals surface area contributed by atoms with Crippen LogP contribution < -0.4 is 10.1 Å². The van der Waals surface area contributed by atoms with Crippen LogP contribution in [0.15, 0.2) is 42.5 Å². The molecule has 1 aliphatic carbocycles. The molecule has 0 radical (unpaired) electrons. The number of nitrogens with one attached hydrogen (secondary N) is 1. The van der Waals surface area contributed by atoms with E-state index >= 15 is 0 Å². The molecule has 1 aliphatic rings. The third kappa shape index (κ3) is 6.26. The zero-order valence-corrected chi connectivity index (χ0v) is 20.0. The first-order valence-electron chi connectivity index (χ1n) is 11.4. The van der Waals surface area contributed by atoms with Gasteiger partial charge in [-0.1, -0.05) is 61.7 Å². The number of amides is 2. The minimum Gasteiger partial charge on any atom is -0.483 e. The van der Waals surface area contributed by atoms with Gasteiger partial charge in [-0.3, -0.25) is 9.59 Å². The van der Waals surface area contributed by atoms with Crippen molar-refractivity contribution >= 4 is 23.4 Å². The van der Waals surface area contributed by atoms with Crippen molar-refractivity contribution in [2.45, 2.75) is 71.5 Å². The Morgan fingerprint density at radius 1 is 1.16 bits per heavy atom. The number of halogens is 1. The summed E-state index contributed by atoms with van der Waals surface area (Å²) in [5, 5.41) is 3.73. The summed E-state index contributed by atoms with van der Waals surface area (Å²) in [6.07, 6.45) is 4.77. The van der Waals surface area contributed by atoms with Crippen molar-refractivity contribution in [1.29, 1.82) is 0 Å². The van der Waals surface area contributed by atoms with Crippen LogP contribution in [0.3, 0.4) is 0 Å². The SMILES string of the molecule is CC[C@@H](C(=O)NC1CCCC1)N(Cc1ccccc1Cl)C(=O)COc1cc(C)ccc1C. The molecule has 0 bridgehead atoms. The first-order valence-corrected chi connectivity index (χ1v) is 11.8. The van der Waals surface area contributed by atoms with Crippen LogP contribution in [0.5, 0.6) is 5.75 Å². The van der Waals surface area contributed by atoms with Gasteiger partial charge >= 0.3 is 0 Å². The number of hydrogen-bond acceptors (Lipinski definition) is 3. The highest BCUT2D eigenvalue weighted by molar-refractivity contribution is 6.31. The smallest absolute Gasteiger partial charge is 0.261 e. The lowest BCUT2D eigenvalue weighted by atomic mass is 10.1. The van der Waals surface area contributed by atoms with Gasteiger partial charge < -0.3 is 15.0 Å². The van der Waals surface area contributed by atoms with Gasteiger partial charge in [0.1, 0.15) is 11.8 Å². The van der Waals surface area contributed by atoms with Crippen molar-refractivity contribution in [2.24, 2.45) is 0 Å². The normalized spacial score (nSPS) is 14.8. The van der Waals surface area contributed by atoms with Gasteiger partial charge in [-0.25, -0.2) is 0 Å². The lowest BCUT2D eigenvalue weighted by Crippen LogP contribution is -2.52. The number of rotatable bonds is 9. The molecule has 1 N–H and O–H groups in total. The Morgan fingerprint density at radius 3 is 2.56 bits per heavy atom. The molecule has 0 spiro atoms. The molecule has 3 rings (SSSR count). The molecule has 0 heterocycles. The second kappa shape index (κ2) is 11.4. The average Bonchev–Trinajstić information content (AvgIpc) is 3.28. The largest absolute Gasteiger partial charge is 0.483 e. The highest BCUT2D eigenvalue weighted by atomic mass is 35.5. The summed E-state index contributed by atoms with van der Waals surface area (Å²) < 4.78 is 5.88. The van der Waals surface area contributed by atoms with Gasteiger partial charge in [0.15, 0.2) is 6.61 Å². The molecule has 1 fully saturated rings. The fourth-order valence-corrected chi connectivity index (χ4v) is 4.38. The lowest BCUT2D eigenvalue weighted by molar-refractivity contribution is -0.143. The van der Waals surface area contributed by atoms with Gasteiger partial charge in [-0.05, 0) is 61.9 Å². The predicted octanol–water partition coefficient (Wildman–Crippen LogP) is 5.20. The molecule has 2 amide bonds. The first kappa shape index (κ1) is 24.1. The summed E-state index contributed by atoms with van der Waals surface area (Å²) in [7, 11) is 0. The topological polar surface area (TPSA) is 58.6 Å². The number of benzene rings is 2. The number of hydrogen-bond donors (Lipinski definition) is 1. The Labute approximate surface area is 196 Å². The van der Waals surface area contributed by atoms with E-state index in [2.05, 4.69) is 5.32 Å². The van der Waals surface area contributed by atoms with Crippen molar-refractivity contribution in [2.75, 3.05) is 6.61 Å². The number of aryl methyl sites for hydroxylation is 2. The van der Waals surface area contributed by atoms with E-state index in [0.29, 0.717) is 17.2 Å². The van der Waals surface area contributed by atoms with Crippen LogP contribution in [0, 0.1) is 13.8 Å². The molecule has 32 heavy (non-hydrogen) atoms. The standard InChI is InChI=1S/C26H33ClN2O3/c1-4-23(26(31)28-21-10-6-7-11-21)29(16-20-9-5-8-12-22(20)27)25(30)17-32-24-15-18(2)13-14-19(24)3/h5,8-9,12-15,21,23H,4,6-7,10-11,16-17H2,1-3H3,(H,28,31)/t23-/m0/s1. The molecule has 0 saturated heterocycles. The molecule has 1 saturated carbocycles. The third-order valence-electron chi connectivity index (χ3n) is 6.08. The summed E-state index contributed by atoms with van der Waals surface area (Å²) >= 11 is 6.38. The molecule has 2 aromatic carbocycles. The van der Waals surface area contributed by atoms with E-state index < -0.39 is 6.04 Å². The van der Waals surface area contributed by atoms with Crippen molar-refractivity contribution in [3.63, 3.8) is 0 Å². The average molecular weight is 457 g/mol. The zero-order valence-electron chi connectivity index (χ0n) is 19.2. The number of carbonyl (C=O) groups is 2. The highest BCUT2D eigenvalue weighted by Crippen LogP contribution is 2.23. The summed E-state index contributed by atoms with van der Waals surface area (Å²) in [6.45, 7) is 5.98. The molecule has 5 nitrogen and oxygen atoms in total. The Bertz CT molecular complexity index is 940. The first-order chi connectivity index (χ1) is 15.4. The molecule has 0 unspecified atom stereocenters. The summed E-state index contributed by atoms with van der Waals surface area (Å²) in [5.74, 6) is 0.338. The maximum Gasteiger partial charge on any atom is 0.261 e. The van der Waals surface area contributed by atoms with E-state index in [1.54, 1.807) is 11.0 Å². The van der Waals surface area contributed by atoms with Crippen LogP contribution >= 0.6 is 11.6 Å². The molecule has 0 aliphatic heterocycles. The molecule has 0 aromatic heterocycles. The van der Waals surface area contributed by atoms with Crippen LogP contribution in [-0.2, 0) is 16.1 Å². The van der Waals surface area contributed by atoms with E-state index in [1.165, 1.54) is 0 Å². The van der Waals surface area contributed by atoms with Gasteiger partial charge in [0.25, 0.3) is 5.91 Å². The fraction of sp³-hybridized carbons (Fsp3) is 0.462. The number of ether oxygens (including phenoxy) is 1. The Morgan fingerprint density at radius 2 is 1.88 bits per heavy atom. The maximum absolute atomic E-state index is 13.3. The maximum atomic E-state index is 13.3. The fourth-order valence-electron chi connectivity index (χ4n) is 4.18. The van der Waals surface area contributed by atoms with Crippen LogP contribution in [0.1, 0.15) is 55.7 Å². The predicted molar refractivity (Wildman–Crippen MR) is 128 cm³/mol. The van der Waals surface area contributed by atoms with E-state index in [1.807, 2.05) is 57.2 Å². The van der Waals surface area contributed by atoms with Gasteiger partial charge in [-0.15, -0.1) is 0 Å². The Hall–Kier alpha value is -2.53. The van der Waals surface area contributed by atoms with Crippen molar-refractivity contribution in [1.82, 2.24) is 10.2 Å². The van der Waals surface area contributed by atoms with E-state index in [0.717, 1.165) is 42.4 Å². The zero-order chi connectivity index (χ0) is 23.1. The van der Waals surface area contributed by atoms with Gasteiger partial charge in [0.05, 0.1) is 0 Å². The minimum atomic E-state index is -0.582. The van der Waals surface area contributed by atoms with E-state index in [4.69, 9.17) is 16.3 Å². The van der Waals surface area contributed by atoms with Gasteiger partial charge in [0.2, 0.25) is 5.91 Å². The summed E-state index contributed by atoms with van der Waals surface area (Å²) in [6, 6.07) is 12.9. The Balaban J connectivity index is 1.79. The third-order valence-corrected chi connectivity index (χ3v) is 6.45. The van der Waals surface area contributed by atoms with Crippen LogP contribution in [-0.4, -0.2) is 35.4 Å². The minimum absolute atomic E-state index is 0.105. The number of carbonyl (C=O) groups excluding carboxylic acids is 2. The van der Waals surface area contributed by atoms with Gasteiger partial charge in [-0.2, -0.15) is 0 Å². The Kier molecular flexibility index (Phi) is 8.57. The second-order valence-electron chi connectivity index (χ2n) is 8.58. The highest BCUT2D eigenvalue weighted by Gasteiger charge is 2.31. The molecular formula is C26H33ClN2O3. The van der Waals surface area contributed by atoms with Crippen molar-refractivity contribution < 1.29 is 14.3 Å². The quantitative estimate of drug-likeness (QED) is 0.564. The second-order valence-corrected chi connectivity index (χ2v) is 8.99. The monoisotopic (exact) mass is 456 g/mol. The van der Waals surface area contributed by atoms with Crippen LogP contribution in [0.4, 0.5) is 0 Å². The van der Waals surface area contributed by atoms with E-state index in [-0.39, 0.29) is 31.0 Å². The van der Waals surface area contributed by atoms with Crippen molar-refractivity contribution in [3.8, 4) is 5.75 Å². The molecule has 1 atom stereocenters. The van der Waals surface area contributed by atoms with E-state index in [9.17, 15) is 9.59 Å². The van der Waals surface area contributed by atoms with Crippen LogP contribution in [0.25, 0.3) is 0 Å². The molecule has 2 aromatic rings. The molecule has 172 valence electrons. The summed E-state index contributed by atoms with van der Waals surface area (Å²) in [4.78, 5) is 28.1. The lowest BCUT2D eigenvalue weighted by Gasteiger charge is -2.31. The molecular weight excluding hydrogens is 424 g/mol. The van der Waals surface area contributed by atoms with Crippen molar-refractivity contribution in [3.05, 3.63) is 64.2 Å². The van der Waals surface area contributed by atoms with Gasteiger partial charge in [0, 0.05) is 17.6 Å². The number of nitrogens with zero attached hydrogens (tertiary/aromatic N) is 1. The summed E-state index contributed by atoms with van der Waals surface area (Å²) in [5.41, 5.74) is 2.83.